The van der Waals surface area contributed by atoms with Crippen LogP contribution in [0.4, 0.5) is 0 Å². The number of ether oxygens (including phenoxy) is 1. The number of aryl methyl sites for hydroxylation is 1. The molecular formula is C14H25N3O. The minimum atomic E-state index is 0.358. The van der Waals surface area contributed by atoms with Crippen LogP contribution in [0.3, 0.4) is 0 Å². The molecule has 1 aliphatic heterocycles. The van der Waals surface area contributed by atoms with Crippen LogP contribution in [-0.4, -0.2) is 36.1 Å². The molecule has 0 spiro atoms. The van der Waals surface area contributed by atoms with Crippen molar-refractivity contribution in [2.45, 2.75) is 32.6 Å². The van der Waals surface area contributed by atoms with Gasteiger partial charge in [0.1, 0.15) is 0 Å². The minimum Gasteiger partial charge on any atom is -0.381 e. The van der Waals surface area contributed by atoms with E-state index in [1.807, 2.05) is 17.9 Å². The van der Waals surface area contributed by atoms with Crippen LogP contribution >= 0.6 is 0 Å². The average molecular weight is 251 g/mol. The molecule has 2 rings (SSSR count). The molecule has 1 aliphatic rings. The van der Waals surface area contributed by atoms with E-state index in [9.17, 15) is 0 Å². The molecule has 18 heavy (non-hydrogen) atoms. The van der Waals surface area contributed by atoms with Gasteiger partial charge >= 0.3 is 0 Å². The second-order valence-corrected chi connectivity index (χ2v) is 5.49. The smallest absolute Gasteiger partial charge is 0.0521 e. The largest absolute Gasteiger partial charge is 0.381 e. The zero-order chi connectivity index (χ0) is 12.8. The van der Waals surface area contributed by atoms with E-state index in [-0.39, 0.29) is 0 Å². The van der Waals surface area contributed by atoms with Crippen molar-refractivity contribution in [3.63, 3.8) is 0 Å². The molecule has 102 valence electrons. The molecular weight excluding hydrogens is 226 g/mol. The fourth-order valence-electron chi connectivity index (χ4n) is 2.75. The van der Waals surface area contributed by atoms with Gasteiger partial charge in [-0.3, -0.25) is 4.68 Å². The summed E-state index contributed by atoms with van der Waals surface area (Å²) < 4.78 is 7.42. The highest BCUT2D eigenvalue weighted by Gasteiger charge is 2.32. The summed E-state index contributed by atoms with van der Waals surface area (Å²) in [6.45, 7) is 6.21. The summed E-state index contributed by atoms with van der Waals surface area (Å²) >= 11 is 0. The number of rotatable bonds is 6. The maximum Gasteiger partial charge on any atom is 0.0521 e. The molecule has 0 unspecified atom stereocenters. The summed E-state index contributed by atoms with van der Waals surface area (Å²) in [5.41, 5.74) is 1.70. The van der Waals surface area contributed by atoms with Gasteiger partial charge in [-0.05, 0) is 43.2 Å². The van der Waals surface area contributed by atoms with Crippen molar-refractivity contribution in [2.24, 2.45) is 12.5 Å². The lowest BCUT2D eigenvalue weighted by Crippen LogP contribution is -2.41. The molecule has 1 fully saturated rings. The molecule has 0 aromatic carbocycles. The third-order valence-corrected chi connectivity index (χ3v) is 3.82. The van der Waals surface area contributed by atoms with Crippen molar-refractivity contribution in [1.29, 1.82) is 0 Å². The number of aromatic nitrogens is 2. The third-order valence-electron chi connectivity index (χ3n) is 3.82. The van der Waals surface area contributed by atoms with Gasteiger partial charge in [0.25, 0.3) is 0 Å². The second kappa shape index (κ2) is 6.34. The summed E-state index contributed by atoms with van der Waals surface area (Å²) in [4.78, 5) is 0. The predicted molar refractivity (Wildman–Crippen MR) is 72.6 cm³/mol. The molecule has 1 aromatic rings. The fraction of sp³-hybridized carbons (Fsp3) is 0.786. The van der Waals surface area contributed by atoms with Crippen LogP contribution in [0.2, 0.25) is 0 Å². The molecule has 4 nitrogen and oxygen atoms in total. The number of hydrogen-bond donors (Lipinski definition) is 1. The van der Waals surface area contributed by atoms with E-state index in [1.54, 1.807) is 0 Å². The van der Waals surface area contributed by atoms with Gasteiger partial charge in [0.05, 0.1) is 6.20 Å². The minimum absolute atomic E-state index is 0.358. The first-order chi connectivity index (χ1) is 8.74. The molecule has 2 heterocycles. The van der Waals surface area contributed by atoms with Crippen molar-refractivity contribution in [2.75, 3.05) is 26.3 Å². The fourth-order valence-corrected chi connectivity index (χ4v) is 2.75. The van der Waals surface area contributed by atoms with Gasteiger partial charge < -0.3 is 10.1 Å². The molecule has 0 bridgehead atoms. The Labute approximate surface area is 110 Å². The van der Waals surface area contributed by atoms with Crippen molar-refractivity contribution in [3.05, 3.63) is 18.0 Å². The third kappa shape index (κ3) is 3.56. The van der Waals surface area contributed by atoms with Crippen LogP contribution < -0.4 is 5.32 Å². The first kappa shape index (κ1) is 13.6. The molecule has 1 aromatic heterocycles. The molecule has 4 heteroatoms. The van der Waals surface area contributed by atoms with Crippen molar-refractivity contribution >= 4 is 0 Å². The van der Waals surface area contributed by atoms with Crippen LogP contribution in [0.5, 0.6) is 0 Å². The summed E-state index contributed by atoms with van der Waals surface area (Å²) in [6.07, 6.45) is 8.74. The van der Waals surface area contributed by atoms with E-state index in [2.05, 4.69) is 23.5 Å². The summed E-state index contributed by atoms with van der Waals surface area (Å²) in [5.74, 6) is 0. The highest BCUT2D eigenvalue weighted by molar-refractivity contribution is 5.08. The van der Waals surface area contributed by atoms with Crippen LogP contribution in [-0.2, 0) is 18.2 Å². The van der Waals surface area contributed by atoms with E-state index in [1.165, 1.54) is 12.0 Å². The van der Waals surface area contributed by atoms with Gasteiger partial charge in [0.15, 0.2) is 0 Å². The first-order valence-electron chi connectivity index (χ1n) is 7.00. The Kier molecular flexibility index (Phi) is 4.78. The highest BCUT2D eigenvalue weighted by Crippen LogP contribution is 2.33. The quantitative estimate of drug-likeness (QED) is 0.783. The Morgan fingerprint density at radius 3 is 2.83 bits per heavy atom. The van der Waals surface area contributed by atoms with Crippen molar-refractivity contribution in [3.8, 4) is 0 Å². The number of nitrogens with zero attached hydrogens (tertiary/aromatic N) is 2. The Hall–Kier alpha value is -0.870. The van der Waals surface area contributed by atoms with Crippen LogP contribution in [0, 0.1) is 5.41 Å². The van der Waals surface area contributed by atoms with E-state index in [0.29, 0.717) is 5.41 Å². The van der Waals surface area contributed by atoms with E-state index in [4.69, 9.17) is 4.74 Å². The maximum absolute atomic E-state index is 5.53. The normalized spacial score (nSPS) is 19.0. The van der Waals surface area contributed by atoms with Gasteiger partial charge in [-0.2, -0.15) is 5.10 Å². The van der Waals surface area contributed by atoms with E-state index < -0.39 is 0 Å². The Morgan fingerprint density at radius 1 is 1.44 bits per heavy atom. The zero-order valence-electron chi connectivity index (χ0n) is 11.6. The Morgan fingerprint density at radius 2 is 2.22 bits per heavy atom. The monoisotopic (exact) mass is 251 g/mol. The summed E-state index contributed by atoms with van der Waals surface area (Å²) in [7, 11) is 1.98. The SMILES string of the molecule is CCCNCC1(Cc2cnn(C)c2)CCOCC1. The van der Waals surface area contributed by atoms with E-state index in [0.717, 1.165) is 45.6 Å². The first-order valence-corrected chi connectivity index (χ1v) is 7.00. The van der Waals surface area contributed by atoms with Gasteiger partial charge in [-0.25, -0.2) is 0 Å². The van der Waals surface area contributed by atoms with Crippen molar-refractivity contribution < 1.29 is 4.74 Å². The number of hydrogen-bond acceptors (Lipinski definition) is 3. The van der Waals surface area contributed by atoms with Crippen LogP contribution in [0.25, 0.3) is 0 Å². The van der Waals surface area contributed by atoms with Gasteiger partial charge in [-0.1, -0.05) is 6.92 Å². The number of nitrogens with one attached hydrogen (secondary N) is 1. The van der Waals surface area contributed by atoms with Gasteiger partial charge in [0, 0.05) is 33.0 Å². The molecule has 1 N–H and O–H groups in total. The lowest BCUT2D eigenvalue weighted by molar-refractivity contribution is 0.0150. The summed E-state index contributed by atoms with van der Waals surface area (Å²) in [5, 5.41) is 7.86. The Bertz CT molecular complexity index is 356. The molecule has 0 radical (unpaired) electrons. The van der Waals surface area contributed by atoms with Gasteiger partial charge in [0.2, 0.25) is 0 Å². The maximum atomic E-state index is 5.53. The second-order valence-electron chi connectivity index (χ2n) is 5.49. The average Bonchev–Trinajstić information content (AvgIpc) is 2.76. The molecule has 0 saturated carbocycles. The van der Waals surface area contributed by atoms with Gasteiger partial charge in [-0.15, -0.1) is 0 Å². The molecule has 0 atom stereocenters. The predicted octanol–water partition coefficient (Wildman–Crippen LogP) is 1.76. The zero-order valence-corrected chi connectivity index (χ0v) is 11.6. The highest BCUT2D eigenvalue weighted by atomic mass is 16.5. The lowest BCUT2D eigenvalue weighted by atomic mass is 9.75. The molecule has 0 amide bonds. The van der Waals surface area contributed by atoms with Crippen LogP contribution in [0.1, 0.15) is 31.7 Å². The molecule has 1 saturated heterocycles. The summed E-state index contributed by atoms with van der Waals surface area (Å²) in [6, 6.07) is 0. The van der Waals surface area contributed by atoms with E-state index >= 15 is 0 Å². The molecule has 0 aliphatic carbocycles. The Balaban J connectivity index is 1.99. The standard InChI is InChI=1S/C14H25N3O/c1-3-6-15-12-14(4-7-18-8-5-14)9-13-10-16-17(2)11-13/h10-11,15H,3-9,12H2,1-2H3. The lowest BCUT2D eigenvalue weighted by Gasteiger charge is -2.37. The van der Waals surface area contributed by atoms with Crippen molar-refractivity contribution in [1.82, 2.24) is 15.1 Å². The van der Waals surface area contributed by atoms with Crippen LogP contribution in [0.15, 0.2) is 12.4 Å². The topological polar surface area (TPSA) is 39.1 Å².